The third-order valence-corrected chi connectivity index (χ3v) is 3.46. The molecule has 2 aromatic rings. The van der Waals surface area contributed by atoms with Crippen LogP contribution in [0.5, 0.6) is 0 Å². The summed E-state index contributed by atoms with van der Waals surface area (Å²) < 4.78 is 1.97. The predicted molar refractivity (Wildman–Crippen MR) is 75.3 cm³/mol. The van der Waals surface area contributed by atoms with Gasteiger partial charge in [-0.3, -0.25) is 0 Å². The highest BCUT2D eigenvalue weighted by molar-refractivity contribution is 5.30. The van der Waals surface area contributed by atoms with Gasteiger partial charge in [-0.15, -0.1) is 0 Å². The van der Waals surface area contributed by atoms with Gasteiger partial charge in [-0.05, 0) is 30.9 Å². The summed E-state index contributed by atoms with van der Waals surface area (Å²) in [6.07, 6.45) is 6.40. The molecule has 0 aromatic carbocycles. The Kier molecular flexibility index (Phi) is 3.34. The minimum atomic E-state index is 0.431. The fourth-order valence-corrected chi connectivity index (χ4v) is 2.35. The Balaban J connectivity index is 1.91. The van der Waals surface area contributed by atoms with E-state index < -0.39 is 0 Å². The van der Waals surface area contributed by atoms with Crippen LogP contribution in [-0.2, 0) is 6.54 Å². The summed E-state index contributed by atoms with van der Waals surface area (Å²) >= 11 is 0. The first kappa shape index (κ1) is 12.4. The molecule has 0 unspecified atom stereocenters. The smallest absolute Gasteiger partial charge is 0.153 e. The second kappa shape index (κ2) is 5.13. The Labute approximate surface area is 113 Å². The molecule has 4 nitrogen and oxygen atoms in total. The molecular weight excluding hydrogens is 236 g/mol. The van der Waals surface area contributed by atoms with E-state index in [1.807, 2.05) is 35.3 Å². The lowest BCUT2D eigenvalue weighted by Crippen LogP contribution is -2.17. The molecule has 3 rings (SSSR count). The minimum Gasteiger partial charge on any atom is -0.310 e. The molecule has 19 heavy (non-hydrogen) atoms. The van der Waals surface area contributed by atoms with Crippen molar-refractivity contribution in [2.45, 2.75) is 45.2 Å². The van der Waals surface area contributed by atoms with Crippen molar-refractivity contribution in [3.63, 3.8) is 0 Å². The van der Waals surface area contributed by atoms with Gasteiger partial charge in [0, 0.05) is 24.3 Å². The first-order chi connectivity index (χ1) is 9.25. The lowest BCUT2D eigenvalue weighted by atomic mass is 10.1. The summed E-state index contributed by atoms with van der Waals surface area (Å²) in [7, 11) is 0. The summed E-state index contributed by atoms with van der Waals surface area (Å²) in [4.78, 5) is 4.39. The van der Waals surface area contributed by atoms with Crippen LogP contribution in [0.1, 0.15) is 43.9 Å². The largest absolute Gasteiger partial charge is 0.310 e. The SMILES string of the molecule is CC(C)c1c(CNC2CC2)cnn1-c1ccccn1. The van der Waals surface area contributed by atoms with Crippen LogP contribution >= 0.6 is 0 Å². The van der Waals surface area contributed by atoms with Gasteiger partial charge in [-0.25, -0.2) is 9.67 Å². The van der Waals surface area contributed by atoms with Crippen LogP contribution in [0.15, 0.2) is 30.6 Å². The molecule has 1 fully saturated rings. The topological polar surface area (TPSA) is 42.7 Å². The van der Waals surface area contributed by atoms with Crippen molar-refractivity contribution in [2.24, 2.45) is 0 Å². The van der Waals surface area contributed by atoms with Crippen molar-refractivity contribution in [1.29, 1.82) is 0 Å². The third-order valence-electron chi connectivity index (χ3n) is 3.46. The van der Waals surface area contributed by atoms with E-state index in [2.05, 4.69) is 29.2 Å². The summed E-state index contributed by atoms with van der Waals surface area (Å²) in [5.74, 6) is 1.32. The molecule has 1 N–H and O–H groups in total. The molecule has 1 saturated carbocycles. The van der Waals surface area contributed by atoms with Gasteiger partial charge in [-0.1, -0.05) is 19.9 Å². The molecule has 0 spiro atoms. The number of pyridine rings is 1. The lowest BCUT2D eigenvalue weighted by Gasteiger charge is -2.12. The van der Waals surface area contributed by atoms with Gasteiger partial charge >= 0.3 is 0 Å². The zero-order valence-electron chi connectivity index (χ0n) is 11.5. The van der Waals surface area contributed by atoms with Gasteiger partial charge in [0.15, 0.2) is 5.82 Å². The van der Waals surface area contributed by atoms with Crippen LogP contribution in [0, 0.1) is 0 Å². The van der Waals surface area contributed by atoms with E-state index in [4.69, 9.17) is 0 Å². The average molecular weight is 256 g/mol. The molecule has 0 atom stereocenters. The van der Waals surface area contributed by atoms with Gasteiger partial charge in [0.1, 0.15) is 0 Å². The van der Waals surface area contributed by atoms with E-state index in [0.29, 0.717) is 5.92 Å². The highest BCUT2D eigenvalue weighted by Crippen LogP contribution is 2.24. The molecule has 1 aliphatic carbocycles. The van der Waals surface area contributed by atoms with E-state index in [9.17, 15) is 0 Å². The molecule has 100 valence electrons. The Morgan fingerprint density at radius 2 is 2.21 bits per heavy atom. The van der Waals surface area contributed by atoms with E-state index >= 15 is 0 Å². The van der Waals surface area contributed by atoms with Crippen LogP contribution in [0.3, 0.4) is 0 Å². The second-order valence-corrected chi connectivity index (χ2v) is 5.46. The highest BCUT2D eigenvalue weighted by Gasteiger charge is 2.22. The van der Waals surface area contributed by atoms with Crippen molar-refractivity contribution in [3.8, 4) is 5.82 Å². The van der Waals surface area contributed by atoms with Gasteiger partial charge < -0.3 is 5.32 Å². The molecule has 0 bridgehead atoms. The molecule has 0 radical (unpaired) electrons. The highest BCUT2D eigenvalue weighted by atomic mass is 15.3. The number of hydrogen-bond donors (Lipinski definition) is 1. The summed E-state index contributed by atoms with van der Waals surface area (Å²) in [6.45, 7) is 5.32. The Morgan fingerprint density at radius 1 is 1.37 bits per heavy atom. The Morgan fingerprint density at radius 3 is 2.84 bits per heavy atom. The summed E-state index contributed by atoms with van der Waals surface area (Å²) in [5.41, 5.74) is 2.54. The number of hydrogen-bond acceptors (Lipinski definition) is 3. The summed E-state index contributed by atoms with van der Waals surface area (Å²) in [5, 5.41) is 8.08. The van der Waals surface area contributed by atoms with Crippen LogP contribution in [0.4, 0.5) is 0 Å². The fraction of sp³-hybridized carbons (Fsp3) is 0.467. The van der Waals surface area contributed by atoms with Crippen molar-refractivity contribution in [1.82, 2.24) is 20.1 Å². The second-order valence-electron chi connectivity index (χ2n) is 5.46. The standard InChI is InChI=1S/C15H20N4/c1-11(2)15-12(9-17-13-6-7-13)10-18-19(15)14-5-3-4-8-16-14/h3-5,8,10-11,13,17H,6-7,9H2,1-2H3. The van der Waals surface area contributed by atoms with Gasteiger partial charge in [0.2, 0.25) is 0 Å². The molecule has 0 saturated heterocycles. The van der Waals surface area contributed by atoms with E-state index in [-0.39, 0.29) is 0 Å². The quantitative estimate of drug-likeness (QED) is 0.894. The monoisotopic (exact) mass is 256 g/mol. The van der Waals surface area contributed by atoms with Crippen LogP contribution in [0.2, 0.25) is 0 Å². The van der Waals surface area contributed by atoms with Gasteiger partial charge in [0.05, 0.1) is 11.9 Å². The number of nitrogens with zero attached hydrogens (tertiary/aromatic N) is 3. The molecule has 2 aromatic heterocycles. The number of rotatable bonds is 5. The van der Waals surface area contributed by atoms with Gasteiger partial charge in [-0.2, -0.15) is 5.10 Å². The van der Waals surface area contributed by atoms with E-state index in [1.54, 1.807) is 0 Å². The molecule has 4 heteroatoms. The average Bonchev–Trinajstić information content (AvgIpc) is 3.15. The first-order valence-corrected chi connectivity index (χ1v) is 6.97. The zero-order chi connectivity index (χ0) is 13.2. The normalized spacial score (nSPS) is 15.1. The fourth-order valence-electron chi connectivity index (χ4n) is 2.35. The molecule has 0 aliphatic heterocycles. The van der Waals surface area contributed by atoms with E-state index in [1.165, 1.54) is 24.1 Å². The number of aromatic nitrogens is 3. The maximum absolute atomic E-state index is 4.52. The predicted octanol–water partition coefficient (Wildman–Crippen LogP) is 2.64. The molecule has 1 aliphatic rings. The van der Waals surface area contributed by atoms with Crippen molar-refractivity contribution in [2.75, 3.05) is 0 Å². The first-order valence-electron chi connectivity index (χ1n) is 6.97. The maximum Gasteiger partial charge on any atom is 0.153 e. The van der Waals surface area contributed by atoms with Crippen molar-refractivity contribution in [3.05, 3.63) is 41.9 Å². The lowest BCUT2D eigenvalue weighted by molar-refractivity contribution is 0.663. The van der Waals surface area contributed by atoms with Crippen LogP contribution in [0.25, 0.3) is 5.82 Å². The molecule has 0 amide bonds. The Bertz CT molecular complexity index is 541. The maximum atomic E-state index is 4.52. The number of nitrogens with one attached hydrogen (secondary N) is 1. The molecule has 2 heterocycles. The third kappa shape index (κ3) is 2.68. The molecular formula is C15H20N4. The van der Waals surface area contributed by atoms with Crippen LogP contribution < -0.4 is 5.32 Å². The van der Waals surface area contributed by atoms with E-state index in [0.717, 1.165) is 18.4 Å². The van der Waals surface area contributed by atoms with Crippen LogP contribution in [-0.4, -0.2) is 20.8 Å². The van der Waals surface area contributed by atoms with Crippen molar-refractivity contribution >= 4 is 0 Å². The minimum absolute atomic E-state index is 0.431. The Hall–Kier alpha value is -1.68. The van der Waals surface area contributed by atoms with Crippen molar-refractivity contribution < 1.29 is 0 Å². The summed E-state index contributed by atoms with van der Waals surface area (Å²) in [6, 6.07) is 6.64. The van der Waals surface area contributed by atoms with Gasteiger partial charge in [0.25, 0.3) is 0 Å². The zero-order valence-corrected chi connectivity index (χ0v) is 11.5.